The van der Waals surface area contributed by atoms with Gasteiger partial charge in [0.2, 0.25) is 0 Å². The molecule has 0 aromatic rings. The third-order valence-corrected chi connectivity index (χ3v) is 2.24. The van der Waals surface area contributed by atoms with Gasteiger partial charge in [0.05, 0.1) is 11.5 Å². The molecule has 0 saturated carbocycles. The fourth-order valence-electron chi connectivity index (χ4n) is 1.19. The maximum Gasteiger partial charge on any atom is 0.314 e. The zero-order chi connectivity index (χ0) is 12.3. The average Bonchev–Trinajstić information content (AvgIpc) is 2.16. The van der Waals surface area contributed by atoms with Crippen molar-refractivity contribution in [1.29, 1.82) is 5.26 Å². The lowest BCUT2D eigenvalue weighted by Gasteiger charge is -2.28. The SMILES string of the molecule is CC(C)(C)C(=O)OC1OC(=O)CCC1C#N. The Balaban J connectivity index is 2.67. The number of ether oxygens (including phenoxy) is 2. The molecule has 88 valence electrons. The summed E-state index contributed by atoms with van der Waals surface area (Å²) in [6, 6.07) is 1.98. The van der Waals surface area contributed by atoms with E-state index in [0.717, 1.165) is 0 Å². The van der Waals surface area contributed by atoms with Crippen LogP contribution in [0.15, 0.2) is 0 Å². The smallest absolute Gasteiger partial charge is 0.314 e. The van der Waals surface area contributed by atoms with E-state index >= 15 is 0 Å². The lowest BCUT2D eigenvalue weighted by Crippen LogP contribution is -2.38. The second-order valence-electron chi connectivity index (χ2n) is 4.79. The molecule has 2 atom stereocenters. The monoisotopic (exact) mass is 225 g/mol. The molecule has 1 saturated heterocycles. The average molecular weight is 225 g/mol. The molecule has 16 heavy (non-hydrogen) atoms. The summed E-state index contributed by atoms with van der Waals surface area (Å²) < 4.78 is 9.88. The minimum atomic E-state index is -1.06. The van der Waals surface area contributed by atoms with Crippen molar-refractivity contribution in [2.75, 3.05) is 0 Å². The van der Waals surface area contributed by atoms with E-state index in [9.17, 15) is 9.59 Å². The van der Waals surface area contributed by atoms with Gasteiger partial charge in [0, 0.05) is 6.42 Å². The van der Waals surface area contributed by atoms with Gasteiger partial charge < -0.3 is 9.47 Å². The first-order chi connectivity index (χ1) is 7.34. The molecule has 0 N–H and O–H groups in total. The van der Waals surface area contributed by atoms with E-state index in [1.165, 1.54) is 0 Å². The van der Waals surface area contributed by atoms with Gasteiger partial charge in [-0.25, -0.2) is 0 Å². The molecular formula is C11H15NO4. The minimum absolute atomic E-state index is 0.196. The molecular weight excluding hydrogens is 210 g/mol. The summed E-state index contributed by atoms with van der Waals surface area (Å²) in [5.41, 5.74) is -0.677. The van der Waals surface area contributed by atoms with Crippen LogP contribution in [0.25, 0.3) is 0 Å². The highest BCUT2D eigenvalue weighted by Crippen LogP contribution is 2.25. The van der Waals surface area contributed by atoms with Gasteiger partial charge in [0.15, 0.2) is 0 Å². The summed E-state index contributed by atoms with van der Waals surface area (Å²) in [7, 11) is 0. The normalized spacial score (nSPS) is 25.5. The van der Waals surface area contributed by atoms with Gasteiger partial charge in [-0.2, -0.15) is 5.26 Å². The highest BCUT2D eigenvalue weighted by molar-refractivity contribution is 5.76. The van der Waals surface area contributed by atoms with Crippen molar-refractivity contribution in [2.24, 2.45) is 11.3 Å². The topological polar surface area (TPSA) is 76.4 Å². The van der Waals surface area contributed by atoms with E-state index < -0.39 is 29.6 Å². The van der Waals surface area contributed by atoms with Crippen LogP contribution in [-0.4, -0.2) is 18.2 Å². The molecule has 5 nitrogen and oxygen atoms in total. The molecule has 0 aliphatic carbocycles. The molecule has 1 aliphatic heterocycles. The number of carbonyl (C=O) groups is 2. The molecule has 0 radical (unpaired) electrons. The molecule has 1 heterocycles. The van der Waals surface area contributed by atoms with Gasteiger partial charge in [-0.1, -0.05) is 0 Å². The number of hydrogen-bond acceptors (Lipinski definition) is 5. The fraction of sp³-hybridized carbons (Fsp3) is 0.727. The fourth-order valence-corrected chi connectivity index (χ4v) is 1.19. The van der Waals surface area contributed by atoms with Crippen LogP contribution in [0.5, 0.6) is 0 Å². The van der Waals surface area contributed by atoms with Crippen LogP contribution in [0, 0.1) is 22.7 Å². The van der Waals surface area contributed by atoms with E-state index in [1.54, 1.807) is 20.8 Å². The molecule has 1 rings (SSSR count). The van der Waals surface area contributed by atoms with Crippen LogP contribution in [0.4, 0.5) is 0 Å². The quantitative estimate of drug-likeness (QED) is 0.630. The Kier molecular flexibility index (Phi) is 3.53. The van der Waals surface area contributed by atoms with Crippen LogP contribution in [0.2, 0.25) is 0 Å². The van der Waals surface area contributed by atoms with Gasteiger partial charge in [-0.3, -0.25) is 9.59 Å². The third-order valence-electron chi connectivity index (χ3n) is 2.24. The maximum atomic E-state index is 11.6. The molecule has 0 spiro atoms. The van der Waals surface area contributed by atoms with Crippen LogP contribution in [0.3, 0.4) is 0 Å². The summed E-state index contributed by atoms with van der Waals surface area (Å²) in [5, 5.41) is 8.83. The van der Waals surface area contributed by atoms with Crippen molar-refractivity contribution >= 4 is 11.9 Å². The molecule has 0 aromatic heterocycles. The molecule has 5 heteroatoms. The van der Waals surface area contributed by atoms with E-state index in [-0.39, 0.29) is 6.42 Å². The minimum Gasteiger partial charge on any atom is -0.424 e. The first kappa shape index (κ1) is 12.5. The maximum absolute atomic E-state index is 11.6. The van der Waals surface area contributed by atoms with Crippen LogP contribution in [0.1, 0.15) is 33.6 Å². The van der Waals surface area contributed by atoms with Crippen molar-refractivity contribution in [2.45, 2.75) is 39.9 Å². The molecule has 0 aromatic carbocycles. The Bertz CT molecular complexity index is 337. The molecule has 2 unspecified atom stereocenters. The second-order valence-corrected chi connectivity index (χ2v) is 4.79. The van der Waals surface area contributed by atoms with Crippen LogP contribution >= 0.6 is 0 Å². The van der Waals surface area contributed by atoms with Crippen LogP contribution in [-0.2, 0) is 19.1 Å². The number of hydrogen-bond donors (Lipinski definition) is 0. The largest absolute Gasteiger partial charge is 0.424 e. The third kappa shape index (κ3) is 2.96. The summed E-state index contributed by atoms with van der Waals surface area (Å²) >= 11 is 0. The Morgan fingerprint density at radius 1 is 1.56 bits per heavy atom. The van der Waals surface area contributed by atoms with Crippen molar-refractivity contribution in [3.05, 3.63) is 0 Å². The number of esters is 2. The number of cyclic esters (lactones) is 1. The first-order valence-electron chi connectivity index (χ1n) is 5.15. The predicted octanol–water partition coefficient (Wildman–Crippen LogP) is 1.38. The Morgan fingerprint density at radius 2 is 2.19 bits per heavy atom. The second kappa shape index (κ2) is 4.52. The van der Waals surface area contributed by atoms with E-state index in [2.05, 4.69) is 0 Å². The summed E-state index contributed by atoms with van der Waals surface area (Å²) in [6.45, 7) is 5.09. The van der Waals surface area contributed by atoms with Crippen molar-refractivity contribution in [3.63, 3.8) is 0 Å². The van der Waals surface area contributed by atoms with Crippen molar-refractivity contribution < 1.29 is 19.1 Å². The molecule has 1 fully saturated rings. The van der Waals surface area contributed by atoms with Gasteiger partial charge in [-0.15, -0.1) is 0 Å². The Hall–Kier alpha value is -1.57. The number of rotatable bonds is 1. The molecule has 1 aliphatic rings. The predicted molar refractivity (Wildman–Crippen MR) is 53.8 cm³/mol. The Labute approximate surface area is 94.3 Å². The molecule has 0 amide bonds. The molecule has 0 bridgehead atoms. The first-order valence-corrected chi connectivity index (χ1v) is 5.15. The standard InChI is InChI=1S/C11H15NO4/c1-11(2,3)10(14)16-9-7(6-12)4-5-8(13)15-9/h7,9H,4-5H2,1-3H3. The lowest BCUT2D eigenvalue weighted by molar-refractivity contribution is -0.207. The van der Waals surface area contributed by atoms with Crippen molar-refractivity contribution in [1.82, 2.24) is 0 Å². The summed E-state index contributed by atoms with van der Waals surface area (Å²) in [4.78, 5) is 22.6. The van der Waals surface area contributed by atoms with Gasteiger partial charge in [0.25, 0.3) is 6.29 Å². The number of carbonyl (C=O) groups excluding carboxylic acids is 2. The van der Waals surface area contributed by atoms with E-state index in [0.29, 0.717) is 6.42 Å². The van der Waals surface area contributed by atoms with Gasteiger partial charge in [0.1, 0.15) is 5.92 Å². The van der Waals surface area contributed by atoms with E-state index in [1.807, 2.05) is 6.07 Å². The highest BCUT2D eigenvalue weighted by Gasteiger charge is 2.36. The summed E-state index contributed by atoms with van der Waals surface area (Å²) in [5.74, 6) is -1.48. The lowest BCUT2D eigenvalue weighted by atomic mass is 9.97. The number of nitrogens with zero attached hydrogens (tertiary/aromatic N) is 1. The number of nitriles is 1. The van der Waals surface area contributed by atoms with Gasteiger partial charge >= 0.3 is 11.9 Å². The zero-order valence-corrected chi connectivity index (χ0v) is 9.65. The van der Waals surface area contributed by atoms with Gasteiger partial charge in [-0.05, 0) is 27.2 Å². The Morgan fingerprint density at radius 3 is 2.69 bits per heavy atom. The highest BCUT2D eigenvalue weighted by atomic mass is 16.7. The van der Waals surface area contributed by atoms with Crippen LogP contribution < -0.4 is 0 Å². The van der Waals surface area contributed by atoms with Crippen molar-refractivity contribution in [3.8, 4) is 6.07 Å². The summed E-state index contributed by atoms with van der Waals surface area (Å²) in [6.07, 6.45) is -0.489. The zero-order valence-electron chi connectivity index (χ0n) is 9.65. The van der Waals surface area contributed by atoms with E-state index in [4.69, 9.17) is 14.7 Å².